The van der Waals surface area contributed by atoms with Gasteiger partial charge in [0.2, 0.25) is 5.91 Å². The molecule has 1 saturated heterocycles. The van der Waals surface area contributed by atoms with Gasteiger partial charge >= 0.3 is 0 Å². The van der Waals surface area contributed by atoms with Gasteiger partial charge in [-0.2, -0.15) is 17.4 Å². The van der Waals surface area contributed by atoms with E-state index in [4.69, 9.17) is 0 Å². The van der Waals surface area contributed by atoms with E-state index in [2.05, 4.69) is 4.72 Å². The molecule has 0 spiro atoms. The van der Waals surface area contributed by atoms with Gasteiger partial charge in [0.05, 0.1) is 6.04 Å². The van der Waals surface area contributed by atoms with Crippen LogP contribution < -0.4 is 4.72 Å². The Hall–Kier alpha value is -0.960. The van der Waals surface area contributed by atoms with Gasteiger partial charge in [0.25, 0.3) is 10.2 Å². The number of nitrogens with zero attached hydrogens (tertiary/aromatic N) is 2. The summed E-state index contributed by atoms with van der Waals surface area (Å²) in [7, 11) is -2.18. The molecule has 8 heteroatoms. The lowest BCUT2D eigenvalue weighted by atomic mass is 10.0. The molecular formula is C13H21N3O3S2. The van der Waals surface area contributed by atoms with Gasteiger partial charge in [0, 0.05) is 25.0 Å². The zero-order valence-corrected chi connectivity index (χ0v) is 14.1. The number of likely N-dealkylation sites (N-methyl/N-ethyl adjacent to an activating group) is 2. The predicted octanol–water partition coefficient (Wildman–Crippen LogP) is 1.20. The summed E-state index contributed by atoms with van der Waals surface area (Å²) in [6.07, 6.45) is 0.450. The summed E-state index contributed by atoms with van der Waals surface area (Å²) in [5.41, 5.74) is 0. The van der Waals surface area contributed by atoms with Crippen LogP contribution in [0, 0.1) is 0 Å². The lowest BCUT2D eigenvalue weighted by Gasteiger charge is -2.37. The zero-order chi connectivity index (χ0) is 15.6. The van der Waals surface area contributed by atoms with Crippen LogP contribution in [0.5, 0.6) is 0 Å². The molecule has 1 amide bonds. The summed E-state index contributed by atoms with van der Waals surface area (Å²) in [5, 5.41) is 1.91. The van der Waals surface area contributed by atoms with Crippen LogP contribution >= 0.6 is 11.3 Å². The molecule has 1 aromatic heterocycles. The van der Waals surface area contributed by atoms with Crippen molar-refractivity contribution in [2.45, 2.75) is 32.4 Å². The number of rotatable bonds is 4. The van der Waals surface area contributed by atoms with Crippen molar-refractivity contribution in [2.75, 3.05) is 20.1 Å². The summed E-state index contributed by atoms with van der Waals surface area (Å²) in [6, 6.07) is 2.79. The second kappa shape index (κ2) is 6.43. The number of carbonyl (C=O) groups excluding carboxylic acids is 1. The molecule has 2 atom stereocenters. The van der Waals surface area contributed by atoms with Gasteiger partial charge in [-0.1, -0.05) is 6.07 Å². The van der Waals surface area contributed by atoms with Crippen LogP contribution in [0.1, 0.15) is 31.2 Å². The Morgan fingerprint density at radius 3 is 2.67 bits per heavy atom. The number of hydrogen-bond donors (Lipinski definition) is 1. The first kappa shape index (κ1) is 16.4. The van der Waals surface area contributed by atoms with E-state index in [0.717, 1.165) is 9.18 Å². The van der Waals surface area contributed by atoms with Crippen molar-refractivity contribution in [1.29, 1.82) is 0 Å². The van der Waals surface area contributed by atoms with Crippen molar-refractivity contribution in [3.63, 3.8) is 0 Å². The zero-order valence-electron chi connectivity index (χ0n) is 12.4. The molecule has 1 aliphatic rings. The first-order chi connectivity index (χ1) is 9.90. The average molecular weight is 331 g/mol. The van der Waals surface area contributed by atoms with Crippen LogP contribution in [0.25, 0.3) is 0 Å². The van der Waals surface area contributed by atoms with E-state index in [1.807, 2.05) is 31.4 Å². The van der Waals surface area contributed by atoms with Crippen molar-refractivity contribution >= 4 is 27.5 Å². The van der Waals surface area contributed by atoms with E-state index >= 15 is 0 Å². The standard InChI is InChI=1S/C13H21N3O3S2/c1-4-16(5-2)13(17)11-9-10(12-7-6-8-20-12)14-21(18,19)15(11)3/h6-8,10-11,14H,4-5,9H2,1-3H3/t10-,11+/m0/s1. The summed E-state index contributed by atoms with van der Waals surface area (Å²) in [5.74, 6) is -0.130. The van der Waals surface area contributed by atoms with Gasteiger partial charge < -0.3 is 4.90 Å². The van der Waals surface area contributed by atoms with Crippen LogP contribution in [0.3, 0.4) is 0 Å². The predicted molar refractivity (Wildman–Crippen MR) is 83.2 cm³/mol. The van der Waals surface area contributed by atoms with Gasteiger partial charge in [0.1, 0.15) is 6.04 Å². The molecule has 1 N–H and O–H groups in total. The lowest BCUT2D eigenvalue weighted by molar-refractivity contribution is -0.135. The molecule has 21 heavy (non-hydrogen) atoms. The highest BCUT2D eigenvalue weighted by Gasteiger charge is 2.41. The normalized spacial score (nSPS) is 25.7. The summed E-state index contributed by atoms with van der Waals surface area (Å²) in [6.45, 7) is 4.95. The highest BCUT2D eigenvalue weighted by molar-refractivity contribution is 7.87. The first-order valence-corrected chi connectivity index (χ1v) is 9.30. The second-order valence-corrected chi connectivity index (χ2v) is 7.71. The first-order valence-electron chi connectivity index (χ1n) is 6.98. The number of nitrogens with one attached hydrogen (secondary N) is 1. The summed E-state index contributed by atoms with van der Waals surface area (Å²) in [4.78, 5) is 15.2. The minimum atomic E-state index is -3.64. The molecule has 1 fully saturated rings. The monoisotopic (exact) mass is 331 g/mol. The minimum Gasteiger partial charge on any atom is -0.342 e. The van der Waals surface area contributed by atoms with E-state index in [9.17, 15) is 13.2 Å². The molecule has 1 aromatic rings. The smallest absolute Gasteiger partial charge is 0.280 e. The highest BCUT2D eigenvalue weighted by Crippen LogP contribution is 2.30. The molecule has 2 rings (SSSR count). The van der Waals surface area contributed by atoms with Crippen molar-refractivity contribution in [1.82, 2.24) is 13.9 Å². The molecule has 0 bridgehead atoms. The Labute approximate surface area is 129 Å². The summed E-state index contributed by atoms with van der Waals surface area (Å²) < 4.78 is 28.3. The van der Waals surface area contributed by atoms with Gasteiger partial charge in [-0.25, -0.2) is 0 Å². The number of carbonyl (C=O) groups is 1. The van der Waals surface area contributed by atoms with Crippen LogP contribution in [0.2, 0.25) is 0 Å². The largest absolute Gasteiger partial charge is 0.342 e. The Bertz CT molecular complexity index is 582. The fraction of sp³-hybridized carbons (Fsp3) is 0.615. The average Bonchev–Trinajstić information content (AvgIpc) is 2.97. The Kier molecular flexibility index (Phi) is 5.03. The molecule has 0 aliphatic carbocycles. The summed E-state index contributed by atoms with van der Waals surface area (Å²) >= 11 is 1.49. The number of hydrogen-bond acceptors (Lipinski definition) is 4. The third kappa shape index (κ3) is 3.28. The molecule has 0 radical (unpaired) electrons. The van der Waals surface area contributed by atoms with E-state index in [-0.39, 0.29) is 11.9 Å². The molecule has 1 aliphatic heterocycles. The Balaban J connectivity index is 2.29. The maximum Gasteiger partial charge on any atom is 0.280 e. The molecule has 0 aromatic carbocycles. The lowest BCUT2D eigenvalue weighted by Crippen LogP contribution is -2.57. The van der Waals surface area contributed by atoms with E-state index in [1.54, 1.807) is 4.90 Å². The second-order valence-electron chi connectivity index (χ2n) is 4.97. The molecule has 0 saturated carbocycles. The Morgan fingerprint density at radius 1 is 1.48 bits per heavy atom. The van der Waals surface area contributed by atoms with E-state index in [0.29, 0.717) is 19.5 Å². The molecule has 2 heterocycles. The van der Waals surface area contributed by atoms with Crippen molar-refractivity contribution in [2.24, 2.45) is 0 Å². The Morgan fingerprint density at radius 2 is 2.14 bits per heavy atom. The molecular weight excluding hydrogens is 310 g/mol. The minimum absolute atomic E-state index is 0.130. The van der Waals surface area contributed by atoms with Gasteiger partial charge in [-0.05, 0) is 31.7 Å². The van der Waals surface area contributed by atoms with Gasteiger partial charge in [0.15, 0.2) is 0 Å². The van der Waals surface area contributed by atoms with Crippen molar-refractivity contribution in [3.8, 4) is 0 Å². The fourth-order valence-electron chi connectivity index (χ4n) is 2.52. The topological polar surface area (TPSA) is 69.7 Å². The van der Waals surface area contributed by atoms with Crippen LogP contribution in [0.4, 0.5) is 0 Å². The van der Waals surface area contributed by atoms with Crippen molar-refractivity contribution in [3.05, 3.63) is 22.4 Å². The third-order valence-corrected chi connectivity index (χ3v) is 6.40. The van der Waals surface area contributed by atoms with Crippen LogP contribution in [-0.2, 0) is 15.0 Å². The SMILES string of the molecule is CCN(CC)C(=O)[C@H]1C[C@@H](c2cccs2)NS(=O)(=O)N1C. The van der Waals surface area contributed by atoms with Gasteiger partial charge in [-0.3, -0.25) is 4.79 Å². The molecule has 6 nitrogen and oxygen atoms in total. The van der Waals surface area contributed by atoms with Gasteiger partial charge in [-0.15, -0.1) is 11.3 Å². The highest BCUT2D eigenvalue weighted by atomic mass is 32.2. The quantitative estimate of drug-likeness (QED) is 0.901. The maximum atomic E-state index is 12.6. The van der Waals surface area contributed by atoms with E-state index in [1.165, 1.54) is 18.4 Å². The van der Waals surface area contributed by atoms with Crippen LogP contribution in [0.15, 0.2) is 17.5 Å². The number of amides is 1. The molecule has 118 valence electrons. The maximum absolute atomic E-state index is 12.6. The fourth-order valence-corrected chi connectivity index (χ4v) is 4.64. The van der Waals surface area contributed by atoms with Crippen molar-refractivity contribution < 1.29 is 13.2 Å². The van der Waals surface area contributed by atoms with Crippen LogP contribution in [-0.4, -0.2) is 49.7 Å². The number of thiophene rings is 1. The van der Waals surface area contributed by atoms with E-state index < -0.39 is 16.3 Å². The third-order valence-electron chi connectivity index (χ3n) is 3.81. The molecule has 0 unspecified atom stereocenters.